The van der Waals surface area contributed by atoms with Gasteiger partial charge in [-0.25, -0.2) is 4.98 Å². The van der Waals surface area contributed by atoms with Crippen LogP contribution in [0.15, 0.2) is 6.33 Å². The molecule has 2 rings (SSSR count). The number of hydrogen-bond acceptors (Lipinski definition) is 5. The van der Waals surface area contributed by atoms with Crippen molar-refractivity contribution in [1.82, 2.24) is 9.36 Å². The van der Waals surface area contributed by atoms with E-state index in [0.29, 0.717) is 0 Å². The van der Waals surface area contributed by atoms with E-state index in [1.807, 2.05) is 0 Å². The molecular weight excluding hydrogens is 186 g/mol. The number of hydrogen-bond donors (Lipinski definition) is 1. The maximum absolute atomic E-state index is 5.45. The molecule has 0 spiro atoms. The van der Waals surface area contributed by atoms with Gasteiger partial charge in [0.2, 0.25) is 5.13 Å². The Morgan fingerprint density at radius 3 is 3.23 bits per heavy atom. The molecule has 0 saturated heterocycles. The minimum atomic E-state index is 0.760. The van der Waals surface area contributed by atoms with Crippen molar-refractivity contribution in [3.63, 3.8) is 0 Å². The summed E-state index contributed by atoms with van der Waals surface area (Å²) in [4.78, 5) is 4.00. The maximum atomic E-state index is 5.45. The Balaban J connectivity index is 1.48. The molecule has 0 amide bonds. The average molecular weight is 199 g/mol. The summed E-state index contributed by atoms with van der Waals surface area (Å²) in [5.41, 5.74) is 0. The van der Waals surface area contributed by atoms with Crippen LogP contribution in [-0.4, -0.2) is 29.1 Å². The van der Waals surface area contributed by atoms with E-state index in [1.165, 1.54) is 24.4 Å². The van der Waals surface area contributed by atoms with E-state index in [0.717, 1.165) is 30.8 Å². The Labute approximate surface area is 81.5 Å². The van der Waals surface area contributed by atoms with Crippen LogP contribution in [0.2, 0.25) is 0 Å². The summed E-state index contributed by atoms with van der Waals surface area (Å²) < 4.78 is 9.34. The molecule has 0 unspecified atom stereocenters. The number of ether oxygens (including phenoxy) is 1. The first kappa shape index (κ1) is 8.90. The fourth-order valence-electron chi connectivity index (χ4n) is 1.02. The molecule has 0 bridgehead atoms. The fourth-order valence-corrected chi connectivity index (χ4v) is 1.47. The van der Waals surface area contributed by atoms with Gasteiger partial charge in [-0.3, -0.25) is 0 Å². The highest BCUT2D eigenvalue weighted by atomic mass is 32.1. The lowest BCUT2D eigenvalue weighted by atomic mass is 10.5. The van der Waals surface area contributed by atoms with Crippen molar-refractivity contribution < 1.29 is 4.74 Å². The Hall–Kier alpha value is -0.680. The van der Waals surface area contributed by atoms with Gasteiger partial charge in [0.15, 0.2) is 0 Å². The van der Waals surface area contributed by atoms with Crippen molar-refractivity contribution in [3.05, 3.63) is 6.33 Å². The van der Waals surface area contributed by atoms with Crippen LogP contribution in [0.3, 0.4) is 0 Å². The molecule has 1 aromatic rings. The molecule has 1 aromatic heterocycles. The quantitative estimate of drug-likeness (QED) is 0.703. The molecular formula is C8H13N3OS. The van der Waals surface area contributed by atoms with E-state index in [2.05, 4.69) is 14.7 Å². The van der Waals surface area contributed by atoms with E-state index >= 15 is 0 Å². The zero-order valence-corrected chi connectivity index (χ0v) is 8.22. The first-order valence-electron chi connectivity index (χ1n) is 4.53. The van der Waals surface area contributed by atoms with Crippen LogP contribution >= 0.6 is 11.5 Å². The SMILES string of the molecule is c1nsc(NCCOCC2CC2)n1. The van der Waals surface area contributed by atoms with Gasteiger partial charge in [-0.2, -0.15) is 4.37 Å². The maximum Gasteiger partial charge on any atom is 0.202 e. The molecule has 5 heteroatoms. The first-order chi connectivity index (χ1) is 6.45. The molecule has 0 aromatic carbocycles. The van der Waals surface area contributed by atoms with Crippen molar-refractivity contribution in [3.8, 4) is 0 Å². The lowest BCUT2D eigenvalue weighted by Gasteiger charge is -2.02. The Kier molecular flexibility index (Phi) is 3.10. The lowest BCUT2D eigenvalue weighted by molar-refractivity contribution is 0.134. The monoisotopic (exact) mass is 199 g/mol. The third kappa shape index (κ3) is 3.28. The number of anilines is 1. The predicted octanol–water partition coefficient (Wildman–Crippen LogP) is 1.38. The number of rotatable bonds is 6. The van der Waals surface area contributed by atoms with Crippen molar-refractivity contribution >= 4 is 16.7 Å². The highest BCUT2D eigenvalue weighted by Crippen LogP contribution is 2.28. The number of nitrogens with one attached hydrogen (secondary N) is 1. The summed E-state index contributed by atoms with van der Waals surface area (Å²) in [6.07, 6.45) is 4.26. The molecule has 0 radical (unpaired) electrons. The average Bonchev–Trinajstić information content (AvgIpc) is 2.81. The Morgan fingerprint density at radius 2 is 2.54 bits per heavy atom. The summed E-state index contributed by atoms with van der Waals surface area (Å²) in [5.74, 6) is 0.849. The molecule has 13 heavy (non-hydrogen) atoms. The van der Waals surface area contributed by atoms with Crippen LogP contribution < -0.4 is 5.32 Å². The van der Waals surface area contributed by atoms with E-state index in [1.54, 1.807) is 6.33 Å². The van der Waals surface area contributed by atoms with Crippen LogP contribution in [0.1, 0.15) is 12.8 Å². The molecule has 1 saturated carbocycles. The van der Waals surface area contributed by atoms with E-state index in [9.17, 15) is 0 Å². The van der Waals surface area contributed by atoms with Gasteiger partial charge in [-0.1, -0.05) is 0 Å². The molecule has 72 valence electrons. The zero-order chi connectivity index (χ0) is 8.93. The second-order valence-electron chi connectivity index (χ2n) is 3.19. The van der Waals surface area contributed by atoms with E-state index in [4.69, 9.17) is 4.74 Å². The molecule has 1 N–H and O–H groups in total. The van der Waals surface area contributed by atoms with Gasteiger partial charge in [-0.15, -0.1) is 0 Å². The third-order valence-electron chi connectivity index (χ3n) is 1.93. The summed E-state index contributed by atoms with van der Waals surface area (Å²) in [5, 5.41) is 4.01. The van der Waals surface area contributed by atoms with Crippen LogP contribution in [0.4, 0.5) is 5.13 Å². The van der Waals surface area contributed by atoms with Crippen LogP contribution in [0, 0.1) is 5.92 Å². The lowest BCUT2D eigenvalue weighted by Crippen LogP contribution is -2.10. The van der Waals surface area contributed by atoms with Gasteiger partial charge in [0.25, 0.3) is 0 Å². The van der Waals surface area contributed by atoms with Crippen LogP contribution in [0.25, 0.3) is 0 Å². The Morgan fingerprint density at radius 1 is 1.62 bits per heavy atom. The Bertz CT molecular complexity index is 236. The number of aromatic nitrogens is 2. The second kappa shape index (κ2) is 4.53. The fraction of sp³-hybridized carbons (Fsp3) is 0.750. The van der Waals surface area contributed by atoms with Crippen molar-refractivity contribution in [2.24, 2.45) is 5.92 Å². The summed E-state index contributed by atoms with van der Waals surface area (Å²) in [7, 11) is 0. The van der Waals surface area contributed by atoms with Gasteiger partial charge in [-0.05, 0) is 18.8 Å². The minimum absolute atomic E-state index is 0.760. The predicted molar refractivity (Wildman–Crippen MR) is 51.9 cm³/mol. The smallest absolute Gasteiger partial charge is 0.202 e. The molecule has 1 heterocycles. The topological polar surface area (TPSA) is 47.0 Å². The molecule has 1 fully saturated rings. The largest absolute Gasteiger partial charge is 0.379 e. The highest BCUT2D eigenvalue weighted by Gasteiger charge is 2.20. The van der Waals surface area contributed by atoms with E-state index < -0.39 is 0 Å². The van der Waals surface area contributed by atoms with Gasteiger partial charge in [0.05, 0.1) is 6.61 Å². The van der Waals surface area contributed by atoms with Crippen molar-refractivity contribution in [1.29, 1.82) is 0 Å². The van der Waals surface area contributed by atoms with Crippen molar-refractivity contribution in [2.45, 2.75) is 12.8 Å². The first-order valence-corrected chi connectivity index (χ1v) is 5.31. The molecule has 0 atom stereocenters. The molecule has 1 aliphatic carbocycles. The second-order valence-corrected chi connectivity index (χ2v) is 3.97. The van der Waals surface area contributed by atoms with Gasteiger partial charge in [0, 0.05) is 24.7 Å². The summed E-state index contributed by atoms with van der Waals surface area (Å²) in [6.45, 7) is 2.51. The zero-order valence-electron chi connectivity index (χ0n) is 7.40. The minimum Gasteiger partial charge on any atom is -0.379 e. The summed E-state index contributed by atoms with van der Waals surface area (Å²) in [6, 6.07) is 0. The standard InChI is InChI=1S/C8H13N3OS/c1-2-7(1)5-12-4-3-9-8-10-6-11-13-8/h6-7H,1-5H2,(H,9,10,11). The van der Waals surface area contributed by atoms with Gasteiger partial charge in [0.1, 0.15) is 6.33 Å². The van der Waals surface area contributed by atoms with Crippen molar-refractivity contribution in [2.75, 3.05) is 25.1 Å². The molecule has 1 aliphatic rings. The molecule has 4 nitrogen and oxygen atoms in total. The van der Waals surface area contributed by atoms with Crippen LogP contribution in [-0.2, 0) is 4.74 Å². The van der Waals surface area contributed by atoms with Crippen LogP contribution in [0.5, 0.6) is 0 Å². The highest BCUT2D eigenvalue weighted by molar-refractivity contribution is 7.09. The summed E-state index contributed by atoms with van der Waals surface area (Å²) >= 11 is 1.37. The van der Waals surface area contributed by atoms with E-state index in [-0.39, 0.29) is 0 Å². The molecule has 0 aliphatic heterocycles. The third-order valence-corrected chi connectivity index (χ3v) is 2.56. The van der Waals surface area contributed by atoms with Gasteiger partial charge >= 0.3 is 0 Å². The normalized spacial score (nSPS) is 16.0. The number of nitrogens with zero attached hydrogens (tertiary/aromatic N) is 2. The van der Waals surface area contributed by atoms with Gasteiger partial charge < -0.3 is 10.1 Å².